The van der Waals surface area contributed by atoms with Gasteiger partial charge in [0.05, 0.1) is 17.3 Å². The van der Waals surface area contributed by atoms with Crippen LogP contribution in [0, 0.1) is 0 Å². The van der Waals surface area contributed by atoms with Crippen LogP contribution in [-0.2, 0) is 4.79 Å². The molecule has 1 aromatic carbocycles. The van der Waals surface area contributed by atoms with E-state index >= 15 is 0 Å². The summed E-state index contributed by atoms with van der Waals surface area (Å²) < 4.78 is 0. The third kappa shape index (κ3) is 4.92. The van der Waals surface area contributed by atoms with Gasteiger partial charge in [0, 0.05) is 42.1 Å². The average molecular weight is 399 g/mol. The van der Waals surface area contributed by atoms with Gasteiger partial charge >= 0.3 is 0 Å². The number of nitrogens with one attached hydrogen (secondary N) is 1. The van der Waals surface area contributed by atoms with Crippen molar-refractivity contribution < 1.29 is 4.79 Å². The Labute approximate surface area is 161 Å². The van der Waals surface area contributed by atoms with Gasteiger partial charge in [-0.25, -0.2) is 4.98 Å². The minimum Gasteiger partial charge on any atom is -0.301 e. The molecular weight excluding hydrogens is 379 g/mol. The van der Waals surface area contributed by atoms with Crippen LogP contribution in [-0.4, -0.2) is 60.0 Å². The number of benzene rings is 1. The summed E-state index contributed by atoms with van der Waals surface area (Å²) in [5, 5.41) is 6.47. The van der Waals surface area contributed by atoms with E-state index in [0.717, 1.165) is 44.0 Å². The van der Waals surface area contributed by atoms with E-state index in [2.05, 4.69) is 27.0 Å². The van der Waals surface area contributed by atoms with Gasteiger partial charge in [0.15, 0.2) is 5.13 Å². The first-order valence-electron chi connectivity index (χ1n) is 8.20. The third-order valence-corrected chi connectivity index (χ3v) is 5.54. The van der Waals surface area contributed by atoms with Crippen LogP contribution in [0.4, 0.5) is 5.13 Å². The molecule has 2 aromatic rings. The van der Waals surface area contributed by atoms with Crippen LogP contribution in [0.1, 0.15) is 6.92 Å². The lowest BCUT2D eigenvalue weighted by molar-refractivity contribution is -0.117. The van der Waals surface area contributed by atoms with Crippen LogP contribution in [0.25, 0.3) is 11.3 Å². The minimum absolute atomic E-state index is 0.0342. The van der Waals surface area contributed by atoms with Crippen LogP contribution in [0.3, 0.4) is 0 Å². The number of anilines is 1. The van der Waals surface area contributed by atoms with Crippen LogP contribution >= 0.6 is 34.5 Å². The number of hydrogen-bond acceptors (Lipinski definition) is 5. The maximum Gasteiger partial charge on any atom is 0.240 e. The molecule has 8 heteroatoms. The Bertz CT molecular complexity index is 744. The van der Waals surface area contributed by atoms with E-state index in [1.807, 2.05) is 11.4 Å². The maximum atomic E-state index is 12.2. The highest BCUT2D eigenvalue weighted by Crippen LogP contribution is 2.32. The molecule has 25 heavy (non-hydrogen) atoms. The number of halogens is 2. The summed E-state index contributed by atoms with van der Waals surface area (Å²) in [5.41, 5.74) is 1.54. The summed E-state index contributed by atoms with van der Waals surface area (Å²) >= 11 is 13.5. The minimum atomic E-state index is -0.0342. The number of carbonyl (C=O) groups is 1. The number of aromatic nitrogens is 1. The van der Waals surface area contributed by atoms with Gasteiger partial charge in [-0.15, -0.1) is 11.3 Å². The van der Waals surface area contributed by atoms with E-state index in [1.54, 1.807) is 12.1 Å². The van der Waals surface area contributed by atoms with Gasteiger partial charge in [-0.05, 0) is 24.7 Å². The molecule has 0 atom stereocenters. The molecule has 1 fully saturated rings. The summed E-state index contributed by atoms with van der Waals surface area (Å²) in [6.45, 7) is 7.49. The number of thiazole rings is 1. The van der Waals surface area contributed by atoms with E-state index in [4.69, 9.17) is 23.2 Å². The van der Waals surface area contributed by atoms with Crippen LogP contribution in [0.15, 0.2) is 23.6 Å². The van der Waals surface area contributed by atoms with E-state index in [1.165, 1.54) is 11.3 Å². The first kappa shape index (κ1) is 18.6. The molecule has 1 saturated heterocycles. The number of likely N-dealkylation sites (N-methyl/N-ethyl adjacent to an activating group) is 1. The smallest absolute Gasteiger partial charge is 0.240 e. The van der Waals surface area contributed by atoms with Gasteiger partial charge in [0.25, 0.3) is 0 Å². The molecular formula is C17H20Cl2N4OS. The fraction of sp³-hybridized carbons (Fsp3) is 0.412. The van der Waals surface area contributed by atoms with Crippen molar-refractivity contribution in [3.8, 4) is 11.3 Å². The number of amides is 1. The van der Waals surface area contributed by atoms with Crippen molar-refractivity contribution in [2.45, 2.75) is 6.92 Å². The summed E-state index contributed by atoms with van der Waals surface area (Å²) in [5.74, 6) is -0.0342. The molecule has 1 aliphatic heterocycles. The predicted octanol–water partition coefficient (Wildman–Crippen LogP) is 3.69. The number of hydrogen-bond donors (Lipinski definition) is 1. The Balaban J connectivity index is 1.57. The van der Waals surface area contributed by atoms with Crippen LogP contribution in [0.5, 0.6) is 0 Å². The fourth-order valence-electron chi connectivity index (χ4n) is 2.78. The topological polar surface area (TPSA) is 48.5 Å². The molecule has 0 bridgehead atoms. The number of nitrogens with zero attached hydrogens (tertiary/aromatic N) is 3. The van der Waals surface area contributed by atoms with Crippen LogP contribution in [0.2, 0.25) is 10.0 Å². The largest absolute Gasteiger partial charge is 0.301 e. The lowest BCUT2D eigenvalue weighted by Crippen LogP contribution is -2.48. The summed E-state index contributed by atoms with van der Waals surface area (Å²) in [6.07, 6.45) is 0. The number of carbonyl (C=O) groups excluding carboxylic acids is 1. The monoisotopic (exact) mass is 398 g/mol. The number of piperazine rings is 1. The highest BCUT2D eigenvalue weighted by molar-refractivity contribution is 7.14. The lowest BCUT2D eigenvalue weighted by Gasteiger charge is -2.33. The SMILES string of the molecule is CCN1CCN(CC(=O)Nc2nc(-c3ccc(Cl)cc3Cl)cs2)CC1. The van der Waals surface area contributed by atoms with Gasteiger partial charge in [-0.3, -0.25) is 9.69 Å². The first-order chi connectivity index (χ1) is 12.0. The van der Waals surface area contributed by atoms with Gasteiger partial charge in [-0.1, -0.05) is 30.1 Å². The zero-order chi connectivity index (χ0) is 17.8. The Morgan fingerprint density at radius 1 is 1.24 bits per heavy atom. The van der Waals surface area contributed by atoms with Crippen molar-refractivity contribution in [1.82, 2.24) is 14.8 Å². The van der Waals surface area contributed by atoms with Crippen molar-refractivity contribution in [2.24, 2.45) is 0 Å². The van der Waals surface area contributed by atoms with Gasteiger partial charge in [-0.2, -0.15) is 0 Å². The average Bonchev–Trinajstić information content (AvgIpc) is 3.03. The molecule has 1 aromatic heterocycles. The summed E-state index contributed by atoms with van der Waals surface area (Å²) in [7, 11) is 0. The standard InChI is InChI=1S/C17H20Cl2N4OS/c1-2-22-5-7-23(8-6-22)10-16(24)21-17-20-15(11-25-17)13-4-3-12(18)9-14(13)19/h3-4,9,11H,2,5-8,10H2,1H3,(H,20,21,24). The normalized spacial score (nSPS) is 16.1. The lowest BCUT2D eigenvalue weighted by atomic mass is 10.2. The molecule has 5 nitrogen and oxygen atoms in total. The van der Waals surface area contributed by atoms with Crippen molar-refractivity contribution in [3.05, 3.63) is 33.6 Å². The van der Waals surface area contributed by atoms with Gasteiger partial charge in [0.1, 0.15) is 0 Å². The van der Waals surface area contributed by atoms with Crippen molar-refractivity contribution in [2.75, 3.05) is 44.6 Å². The second kappa shape index (κ2) is 8.47. The second-order valence-electron chi connectivity index (χ2n) is 5.92. The summed E-state index contributed by atoms with van der Waals surface area (Å²) in [6, 6.07) is 5.29. The summed E-state index contributed by atoms with van der Waals surface area (Å²) in [4.78, 5) is 21.3. The Morgan fingerprint density at radius 3 is 2.64 bits per heavy atom. The molecule has 1 aliphatic rings. The molecule has 0 radical (unpaired) electrons. The van der Waals surface area contributed by atoms with E-state index in [-0.39, 0.29) is 5.91 Å². The zero-order valence-corrected chi connectivity index (χ0v) is 16.3. The highest BCUT2D eigenvalue weighted by Gasteiger charge is 2.18. The first-order valence-corrected chi connectivity index (χ1v) is 9.84. The van der Waals surface area contributed by atoms with Gasteiger partial charge in [0.2, 0.25) is 5.91 Å². The molecule has 1 amide bonds. The van der Waals surface area contributed by atoms with E-state index < -0.39 is 0 Å². The quantitative estimate of drug-likeness (QED) is 0.833. The van der Waals surface area contributed by atoms with E-state index in [0.29, 0.717) is 21.7 Å². The molecule has 0 saturated carbocycles. The predicted molar refractivity (Wildman–Crippen MR) is 105 cm³/mol. The van der Waals surface area contributed by atoms with Crippen molar-refractivity contribution in [1.29, 1.82) is 0 Å². The van der Waals surface area contributed by atoms with Crippen molar-refractivity contribution >= 4 is 45.6 Å². The fourth-order valence-corrected chi connectivity index (χ4v) is 4.01. The maximum absolute atomic E-state index is 12.2. The Morgan fingerprint density at radius 2 is 1.96 bits per heavy atom. The molecule has 3 rings (SSSR count). The van der Waals surface area contributed by atoms with Gasteiger partial charge < -0.3 is 10.2 Å². The molecule has 1 N–H and O–H groups in total. The van der Waals surface area contributed by atoms with Crippen LogP contribution < -0.4 is 5.32 Å². The third-order valence-electron chi connectivity index (χ3n) is 4.24. The molecule has 0 spiro atoms. The Hall–Kier alpha value is -1.18. The molecule has 134 valence electrons. The molecule has 2 heterocycles. The Kier molecular flexibility index (Phi) is 6.30. The highest BCUT2D eigenvalue weighted by atomic mass is 35.5. The van der Waals surface area contributed by atoms with E-state index in [9.17, 15) is 4.79 Å². The molecule has 0 aliphatic carbocycles. The second-order valence-corrected chi connectivity index (χ2v) is 7.62. The molecule has 0 unspecified atom stereocenters. The van der Waals surface area contributed by atoms with Crippen molar-refractivity contribution in [3.63, 3.8) is 0 Å². The number of rotatable bonds is 5. The zero-order valence-electron chi connectivity index (χ0n) is 14.0.